The summed E-state index contributed by atoms with van der Waals surface area (Å²) in [5.74, 6) is -0.320. The molecule has 1 aromatic rings. The molecule has 0 amide bonds. The van der Waals surface area contributed by atoms with Gasteiger partial charge in [0.15, 0.2) is 5.75 Å². The number of ether oxygens (including phenoxy) is 2. The highest BCUT2D eigenvalue weighted by molar-refractivity contribution is 6.43. The highest BCUT2D eigenvalue weighted by atomic mass is 35.5. The fraction of sp³-hybridized carbons (Fsp3) is 0.467. The Morgan fingerprint density at radius 3 is 2.48 bits per heavy atom. The summed E-state index contributed by atoms with van der Waals surface area (Å²) in [5.41, 5.74) is 0. The Kier molecular flexibility index (Phi) is 7.54. The van der Waals surface area contributed by atoms with Crippen molar-refractivity contribution in [3.8, 4) is 5.75 Å². The van der Waals surface area contributed by atoms with Crippen LogP contribution in [0.1, 0.15) is 33.1 Å². The fourth-order valence-corrected chi connectivity index (χ4v) is 1.75. The first kappa shape index (κ1) is 17.8. The van der Waals surface area contributed by atoms with Crippen LogP contribution in [0, 0.1) is 5.92 Å². The molecule has 0 aromatic heterocycles. The van der Waals surface area contributed by atoms with Crippen molar-refractivity contribution in [2.45, 2.75) is 33.1 Å². The molecule has 1 aromatic carbocycles. The molecule has 4 nitrogen and oxygen atoms in total. The maximum atomic E-state index is 11.6. The standard InChI is InChI=1S/C15H18Cl2O4/c1-10(2)8-9-20-13(18)6-7-14(19)21-12-5-3-4-11(16)15(12)17/h3-5,10H,6-9H2,1-2H3. The van der Waals surface area contributed by atoms with Crippen LogP contribution < -0.4 is 4.74 Å². The smallest absolute Gasteiger partial charge is 0.311 e. The summed E-state index contributed by atoms with van der Waals surface area (Å²) < 4.78 is 10.1. The van der Waals surface area contributed by atoms with Crippen LogP contribution in [-0.4, -0.2) is 18.5 Å². The lowest BCUT2D eigenvalue weighted by atomic mass is 10.1. The average Bonchev–Trinajstić information content (AvgIpc) is 2.41. The third kappa shape index (κ3) is 6.82. The Balaban J connectivity index is 2.34. The summed E-state index contributed by atoms with van der Waals surface area (Å²) in [5, 5.41) is 0.474. The van der Waals surface area contributed by atoms with Gasteiger partial charge in [-0.2, -0.15) is 0 Å². The number of hydrogen-bond donors (Lipinski definition) is 0. The third-order valence-electron chi connectivity index (χ3n) is 2.63. The van der Waals surface area contributed by atoms with Gasteiger partial charge in [0.25, 0.3) is 0 Å². The van der Waals surface area contributed by atoms with Crippen LogP contribution >= 0.6 is 23.2 Å². The van der Waals surface area contributed by atoms with E-state index in [0.717, 1.165) is 6.42 Å². The van der Waals surface area contributed by atoms with Gasteiger partial charge in [-0.25, -0.2) is 0 Å². The minimum absolute atomic E-state index is 0.0187. The molecular formula is C15H18Cl2O4. The van der Waals surface area contributed by atoms with Gasteiger partial charge in [0.2, 0.25) is 0 Å². The molecule has 1 rings (SSSR count). The second-order valence-electron chi connectivity index (χ2n) is 4.93. The maximum Gasteiger partial charge on any atom is 0.311 e. The number of rotatable bonds is 7. The maximum absolute atomic E-state index is 11.6. The van der Waals surface area contributed by atoms with Gasteiger partial charge >= 0.3 is 11.9 Å². The molecule has 6 heteroatoms. The zero-order valence-electron chi connectivity index (χ0n) is 12.0. The molecule has 0 heterocycles. The van der Waals surface area contributed by atoms with E-state index in [-0.39, 0.29) is 23.6 Å². The molecule has 116 valence electrons. The van der Waals surface area contributed by atoms with Gasteiger partial charge in [-0.15, -0.1) is 0 Å². The molecular weight excluding hydrogens is 315 g/mol. The lowest BCUT2D eigenvalue weighted by Gasteiger charge is -2.08. The van der Waals surface area contributed by atoms with Crippen LogP contribution in [0.2, 0.25) is 10.0 Å². The SMILES string of the molecule is CC(C)CCOC(=O)CCC(=O)Oc1cccc(Cl)c1Cl. The highest BCUT2D eigenvalue weighted by Gasteiger charge is 2.13. The Morgan fingerprint density at radius 1 is 1.14 bits per heavy atom. The van der Waals surface area contributed by atoms with Crippen molar-refractivity contribution >= 4 is 35.1 Å². The monoisotopic (exact) mass is 332 g/mol. The minimum atomic E-state index is -0.556. The number of carbonyl (C=O) groups excluding carboxylic acids is 2. The molecule has 0 aliphatic rings. The lowest BCUT2D eigenvalue weighted by molar-refractivity contribution is -0.147. The molecule has 0 saturated carbocycles. The highest BCUT2D eigenvalue weighted by Crippen LogP contribution is 2.31. The average molecular weight is 333 g/mol. The first-order chi connectivity index (χ1) is 9.90. The fourth-order valence-electron chi connectivity index (χ4n) is 1.42. The molecule has 0 N–H and O–H groups in total. The number of esters is 2. The summed E-state index contributed by atoms with van der Waals surface area (Å²) in [7, 11) is 0. The van der Waals surface area contributed by atoms with E-state index in [0.29, 0.717) is 17.5 Å². The molecule has 0 unspecified atom stereocenters. The van der Waals surface area contributed by atoms with E-state index in [1.807, 2.05) is 13.8 Å². The van der Waals surface area contributed by atoms with Gasteiger partial charge in [0.1, 0.15) is 5.02 Å². The van der Waals surface area contributed by atoms with Gasteiger partial charge in [-0.1, -0.05) is 43.1 Å². The van der Waals surface area contributed by atoms with Crippen molar-refractivity contribution in [1.29, 1.82) is 0 Å². The zero-order valence-corrected chi connectivity index (χ0v) is 13.5. The zero-order chi connectivity index (χ0) is 15.8. The number of carbonyl (C=O) groups is 2. The van der Waals surface area contributed by atoms with Crippen molar-refractivity contribution in [2.75, 3.05) is 6.61 Å². The molecule has 0 radical (unpaired) electrons. The van der Waals surface area contributed by atoms with Crippen LogP contribution in [0.15, 0.2) is 18.2 Å². The molecule has 0 aliphatic heterocycles. The quantitative estimate of drug-likeness (QED) is 0.552. The van der Waals surface area contributed by atoms with Crippen LogP contribution in [0.4, 0.5) is 0 Å². The number of benzene rings is 1. The Hall–Kier alpha value is -1.26. The molecule has 0 spiro atoms. The van der Waals surface area contributed by atoms with E-state index in [1.54, 1.807) is 12.1 Å². The summed E-state index contributed by atoms with van der Waals surface area (Å²) >= 11 is 11.7. The van der Waals surface area contributed by atoms with Crippen LogP contribution in [0.3, 0.4) is 0 Å². The Morgan fingerprint density at radius 2 is 1.81 bits per heavy atom. The second kappa shape index (κ2) is 8.90. The van der Waals surface area contributed by atoms with E-state index in [4.69, 9.17) is 32.7 Å². The van der Waals surface area contributed by atoms with E-state index >= 15 is 0 Å². The van der Waals surface area contributed by atoms with Crippen molar-refractivity contribution in [3.05, 3.63) is 28.2 Å². The first-order valence-corrected chi connectivity index (χ1v) is 7.46. The minimum Gasteiger partial charge on any atom is -0.466 e. The molecule has 0 saturated heterocycles. The predicted octanol–water partition coefficient (Wildman–Crippen LogP) is 4.27. The lowest BCUT2D eigenvalue weighted by Crippen LogP contribution is -2.13. The van der Waals surface area contributed by atoms with Crippen molar-refractivity contribution in [3.63, 3.8) is 0 Å². The van der Waals surface area contributed by atoms with Gasteiger partial charge in [0, 0.05) is 0 Å². The first-order valence-electron chi connectivity index (χ1n) is 6.70. The number of halogens is 2. The summed E-state index contributed by atoms with van der Waals surface area (Å²) in [6, 6.07) is 4.75. The topological polar surface area (TPSA) is 52.6 Å². The van der Waals surface area contributed by atoms with Crippen LogP contribution in [0.5, 0.6) is 5.75 Å². The van der Waals surface area contributed by atoms with Crippen molar-refractivity contribution < 1.29 is 19.1 Å². The van der Waals surface area contributed by atoms with Gasteiger partial charge in [0.05, 0.1) is 24.5 Å². The van der Waals surface area contributed by atoms with Crippen molar-refractivity contribution in [2.24, 2.45) is 5.92 Å². The predicted molar refractivity (Wildman–Crippen MR) is 81.7 cm³/mol. The molecule has 0 bridgehead atoms. The Bertz CT molecular complexity index is 500. The van der Waals surface area contributed by atoms with Crippen molar-refractivity contribution in [1.82, 2.24) is 0 Å². The van der Waals surface area contributed by atoms with Crippen LogP contribution in [-0.2, 0) is 14.3 Å². The largest absolute Gasteiger partial charge is 0.466 e. The summed E-state index contributed by atoms with van der Waals surface area (Å²) in [4.78, 5) is 23.1. The number of hydrogen-bond acceptors (Lipinski definition) is 4. The van der Waals surface area contributed by atoms with Gasteiger partial charge < -0.3 is 9.47 Å². The van der Waals surface area contributed by atoms with Gasteiger partial charge in [-0.05, 0) is 24.5 Å². The van der Waals surface area contributed by atoms with E-state index in [9.17, 15) is 9.59 Å². The molecule has 0 aliphatic carbocycles. The van der Waals surface area contributed by atoms with E-state index < -0.39 is 11.9 Å². The van der Waals surface area contributed by atoms with E-state index in [2.05, 4.69) is 0 Å². The molecule has 21 heavy (non-hydrogen) atoms. The summed E-state index contributed by atoms with van der Waals surface area (Å²) in [6.45, 7) is 4.45. The Labute approximate surface area is 134 Å². The normalized spacial score (nSPS) is 10.5. The second-order valence-corrected chi connectivity index (χ2v) is 5.71. The van der Waals surface area contributed by atoms with Crippen LogP contribution in [0.25, 0.3) is 0 Å². The van der Waals surface area contributed by atoms with Gasteiger partial charge in [-0.3, -0.25) is 9.59 Å². The van der Waals surface area contributed by atoms with E-state index in [1.165, 1.54) is 6.07 Å². The third-order valence-corrected chi connectivity index (χ3v) is 3.43. The molecule has 0 fully saturated rings. The summed E-state index contributed by atoms with van der Waals surface area (Å²) in [6.07, 6.45) is 0.715. The molecule has 0 atom stereocenters.